The number of aromatic carboxylic acids is 1. The van der Waals surface area contributed by atoms with E-state index in [0.717, 1.165) is 10.0 Å². The van der Waals surface area contributed by atoms with E-state index in [1.165, 1.54) is 12.3 Å². The van der Waals surface area contributed by atoms with Crippen molar-refractivity contribution in [2.24, 2.45) is 0 Å². The summed E-state index contributed by atoms with van der Waals surface area (Å²) in [5.74, 6) is -1.08. The first-order valence-corrected chi connectivity index (χ1v) is 6.05. The molecule has 0 saturated carbocycles. The zero-order chi connectivity index (χ0) is 13.3. The standard InChI is InChI=1S/C13H11BrO4/c1-7-2-3-8(6-10(7)14)11(15)12-9(13(16)17)4-5-18-12/h2-6,11,15H,1H3,(H,16,17). The van der Waals surface area contributed by atoms with Crippen LogP contribution >= 0.6 is 15.9 Å². The zero-order valence-corrected chi connectivity index (χ0v) is 11.1. The first kappa shape index (κ1) is 12.9. The summed E-state index contributed by atoms with van der Waals surface area (Å²) in [5, 5.41) is 19.1. The summed E-state index contributed by atoms with van der Waals surface area (Å²) in [5.41, 5.74) is 1.58. The molecule has 0 aliphatic rings. The Labute approximate surface area is 112 Å². The van der Waals surface area contributed by atoms with Crippen molar-refractivity contribution in [3.63, 3.8) is 0 Å². The van der Waals surface area contributed by atoms with Crippen LogP contribution in [0.1, 0.15) is 33.3 Å². The molecule has 94 valence electrons. The molecule has 1 heterocycles. The molecule has 0 saturated heterocycles. The summed E-state index contributed by atoms with van der Waals surface area (Å²) in [6.07, 6.45) is 0.161. The highest BCUT2D eigenvalue weighted by Gasteiger charge is 2.22. The molecule has 2 N–H and O–H groups in total. The second-order valence-electron chi connectivity index (χ2n) is 3.91. The van der Waals surface area contributed by atoms with E-state index >= 15 is 0 Å². The van der Waals surface area contributed by atoms with Gasteiger partial charge in [-0.05, 0) is 30.2 Å². The van der Waals surface area contributed by atoms with Crippen LogP contribution in [0.4, 0.5) is 0 Å². The summed E-state index contributed by atoms with van der Waals surface area (Å²) < 4.78 is 5.92. The summed E-state index contributed by atoms with van der Waals surface area (Å²) in [7, 11) is 0. The van der Waals surface area contributed by atoms with Gasteiger partial charge < -0.3 is 14.6 Å². The van der Waals surface area contributed by atoms with Gasteiger partial charge in [-0.15, -0.1) is 0 Å². The number of aliphatic hydroxyl groups excluding tert-OH is 1. The highest BCUT2D eigenvalue weighted by atomic mass is 79.9. The minimum absolute atomic E-state index is 0.0285. The van der Waals surface area contributed by atoms with Gasteiger partial charge in [0.15, 0.2) is 5.76 Å². The lowest BCUT2D eigenvalue weighted by Crippen LogP contribution is -2.05. The Hall–Kier alpha value is -1.59. The molecule has 2 aromatic rings. The van der Waals surface area contributed by atoms with Crippen molar-refractivity contribution < 1.29 is 19.4 Å². The molecule has 0 fully saturated rings. The van der Waals surface area contributed by atoms with Crippen molar-refractivity contribution in [3.05, 3.63) is 57.5 Å². The third-order valence-corrected chi connectivity index (χ3v) is 3.54. The number of benzene rings is 1. The van der Waals surface area contributed by atoms with Gasteiger partial charge in [0, 0.05) is 4.47 Å². The molecule has 0 radical (unpaired) electrons. The zero-order valence-electron chi connectivity index (χ0n) is 9.55. The molecule has 18 heavy (non-hydrogen) atoms. The first-order chi connectivity index (χ1) is 8.50. The SMILES string of the molecule is Cc1ccc(C(O)c2occc2C(=O)O)cc1Br. The van der Waals surface area contributed by atoms with Crippen LogP contribution in [0, 0.1) is 6.92 Å². The van der Waals surface area contributed by atoms with Crippen molar-refractivity contribution in [1.29, 1.82) is 0 Å². The second-order valence-corrected chi connectivity index (χ2v) is 4.77. The third-order valence-electron chi connectivity index (χ3n) is 2.69. The highest BCUT2D eigenvalue weighted by Crippen LogP contribution is 2.28. The minimum Gasteiger partial charge on any atom is -0.478 e. The van der Waals surface area contributed by atoms with E-state index in [0.29, 0.717) is 5.56 Å². The van der Waals surface area contributed by atoms with Crippen LogP contribution in [0.15, 0.2) is 39.4 Å². The smallest absolute Gasteiger partial charge is 0.339 e. The molecule has 0 aliphatic heterocycles. The maximum absolute atomic E-state index is 11.0. The second kappa shape index (κ2) is 4.96. The van der Waals surface area contributed by atoms with Gasteiger partial charge in [0.1, 0.15) is 11.7 Å². The number of carboxylic acids is 1. The van der Waals surface area contributed by atoms with Gasteiger partial charge in [-0.25, -0.2) is 4.79 Å². The van der Waals surface area contributed by atoms with Crippen LogP contribution < -0.4 is 0 Å². The van der Waals surface area contributed by atoms with Gasteiger partial charge in [0.2, 0.25) is 0 Å². The summed E-state index contributed by atoms with van der Waals surface area (Å²) in [6, 6.07) is 6.64. The maximum atomic E-state index is 11.0. The lowest BCUT2D eigenvalue weighted by Gasteiger charge is -2.10. The van der Waals surface area contributed by atoms with E-state index in [4.69, 9.17) is 9.52 Å². The number of hydrogen-bond donors (Lipinski definition) is 2. The van der Waals surface area contributed by atoms with E-state index in [-0.39, 0.29) is 11.3 Å². The fourth-order valence-corrected chi connectivity index (χ4v) is 2.04. The lowest BCUT2D eigenvalue weighted by atomic mass is 10.0. The number of carboxylic acid groups (broad SMARTS) is 1. The maximum Gasteiger partial charge on any atom is 0.339 e. The van der Waals surface area contributed by atoms with Crippen molar-refractivity contribution in [1.82, 2.24) is 0 Å². The van der Waals surface area contributed by atoms with Crippen LogP contribution in [0.2, 0.25) is 0 Å². The van der Waals surface area contributed by atoms with Gasteiger partial charge in [0.25, 0.3) is 0 Å². The topological polar surface area (TPSA) is 70.7 Å². The molecule has 1 aromatic heterocycles. The number of aryl methyl sites for hydroxylation is 1. The summed E-state index contributed by atoms with van der Waals surface area (Å²) in [4.78, 5) is 11.0. The number of furan rings is 1. The predicted molar refractivity (Wildman–Crippen MR) is 68.6 cm³/mol. The molecule has 1 atom stereocenters. The number of rotatable bonds is 3. The van der Waals surface area contributed by atoms with Crippen LogP contribution in [0.5, 0.6) is 0 Å². The van der Waals surface area contributed by atoms with Gasteiger partial charge in [-0.1, -0.05) is 28.1 Å². The summed E-state index contributed by atoms with van der Waals surface area (Å²) in [6.45, 7) is 1.93. The molecule has 0 spiro atoms. The molecule has 4 nitrogen and oxygen atoms in total. The number of halogens is 1. The van der Waals surface area contributed by atoms with E-state index in [2.05, 4.69) is 15.9 Å². The van der Waals surface area contributed by atoms with Crippen LogP contribution in [0.3, 0.4) is 0 Å². The number of hydrogen-bond acceptors (Lipinski definition) is 3. The predicted octanol–water partition coefficient (Wildman–Crippen LogP) is 3.13. The van der Waals surface area contributed by atoms with E-state index in [9.17, 15) is 9.90 Å². The summed E-state index contributed by atoms with van der Waals surface area (Å²) >= 11 is 3.37. The number of aliphatic hydroxyl groups is 1. The monoisotopic (exact) mass is 310 g/mol. The Bertz CT molecular complexity index is 588. The molecule has 5 heteroatoms. The minimum atomic E-state index is -1.12. The molecule has 2 rings (SSSR count). The molecule has 0 amide bonds. The molecular formula is C13H11BrO4. The van der Waals surface area contributed by atoms with Gasteiger partial charge in [-0.2, -0.15) is 0 Å². The van der Waals surface area contributed by atoms with Crippen molar-refractivity contribution in [2.45, 2.75) is 13.0 Å². The van der Waals surface area contributed by atoms with Gasteiger partial charge in [-0.3, -0.25) is 0 Å². The Morgan fingerprint density at radius 3 is 2.72 bits per heavy atom. The fraction of sp³-hybridized carbons (Fsp3) is 0.154. The first-order valence-electron chi connectivity index (χ1n) is 5.25. The van der Waals surface area contributed by atoms with E-state index in [1.54, 1.807) is 12.1 Å². The van der Waals surface area contributed by atoms with Crippen LogP contribution in [-0.2, 0) is 0 Å². The molecular weight excluding hydrogens is 300 g/mol. The fourth-order valence-electron chi connectivity index (χ4n) is 1.64. The van der Waals surface area contributed by atoms with Gasteiger partial charge in [0.05, 0.1) is 6.26 Å². The highest BCUT2D eigenvalue weighted by molar-refractivity contribution is 9.10. The molecule has 0 aliphatic carbocycles. The lowest BCUT2D eigenvalue weighted by molar-refractivity contribution is 0.0687. The third kappa shape index (κ3) is 2.32. The average Bonchev–Trinajstić information content (AvgIpc) is 2.81. The van der Waals surface area contributed by atoms with Crippen molar-refractivity contribution >= 4 is 21.9 Å². The van der Waals surface area contributed by atoms with Crippen molar-refractivity contribution in [2.75, 3.05) is 0 Å². The van der Waals surface area contributed by atoms with E-state index < -0.39 is 12.1 Å². The quantitative estimate of drug-likeness (QED) is 0.913. The average molecular weight is 311 g/mol. The van der Waals surface area contributed by atoms with Crippen molar-refractivity contribution in [3.8, 4) is 0 Å². The Balaban J connectivity index is 2.41. The van der Waals surface area contributed by atoms with Crippen LogP contribution in [-0.4, -0.2) is 16.2 Å². The van der Waals surface area contributed by atoms with Crippen LogP contribution in [0.25, 0.3) is 0 Å². The normalized spacial score (nSPS) is 12.4. The molecule has 1 aromatic carbocycles. The Morgan fingerprint density at radius 2 is 2.11 bits per heavy atom. The van der Waals surface area contributed by atoms with Gasteiger partial charge >= 0.3 is 5.97 Å². The number of carbonyl (C=O) groups is 1. The largest absolute Gasteiger partial charge is 0.478 e. The van der Waals surface area contributed by atoms with E-state index in [1.807, 2.05) is 13.0 Å². The Morgan fingerprint density at radius 1 is 1.39 bits per heavy atom. The molecule has 0 bridgehead atoms. The molecule has 1 unspecified atom stereocenters. The Kier molecular flexibility index (Phi) is 3.54.